The number of hydrogen-bond acceptors (Lipinski definition) is 2. The van der Waals surface area contributed by atoms with E-state index in [9.17, 15) is 4.79 Å². The van der Waals surface area contributed by atoms with E-state index in [0.29, 0.717) is 17.9 Å². The van der Waals surface area contributed by atoms with E-state index in [4.69, 9.17) is 5.73 Å². The van der Waals surface area contributed by atoms with Gasteiger partial charge in [0.1, 0.15) is 0 Å². The standard InChI is InChI=1S/C10H18N2O/c1-10(2)4-3-8(10)12-6-7(11)5-9(12)13/h7-8H,3-6,11H2,1-2H3. The third kappa shape index (κ3) is 1.35. The first kappa shape index (κ1) is 9.00. The van der Waals surface area contributed by atoms with Crippen LogP contribution >= 0.6 is 0 Å². The Balaban J connectivity index is 2.06. The van der Waals surface area contributed by atoms with E-state index in [1.165, 1.54) is 6.42 Å². The molecule has 1 aliphatic carbocycles. The van der Waals surface area contributed by atoms with E-state index >= 15 is 0 Å². The number of nitrogens with two attached hydrogens (primary N) is 1. The van der Waals surface area contributed by atoms with Gasteiger partial charge in [-0.1, -0.05) is 13.8 Å². The molecule has 0 aromatic rings. The largest absolute Gasteiger partial charge is 0.338 e. The Kier molecular flexibility index (Phi) is 1.88. The average molecular weight is 182 g/mol. The second-order valence-corrected chi connectivity index (χ2v) is 5.05. The van der Waals surface area contributed by atoms with Crippen LogP contribution in [0.4, 0.5) is 0 Å². The highest BCUT2D eigenvalue weighted by Gasteiger charge is 2.46. The number of hydrogen-bond donors (Lipinski definition) is 1. The van der Waals surface area contributed by atoms with Gasteiger partial charge in [-0.3, -0.25) is 4.79 Å². The summed E-state index contributed by atoms with van der Waals surface area (Å²) in [4.78, 5) is 13.5. The van der Waals surface area contributed by atoms with Crippen LogP contribution in [0.1, 0.15) is 33.1 Å². The summed E-state index contributed by atoms with van der Waals surface area (Å²) in [5.41, 5.74) is 6.08. The molecule has 2 fully saturated rings. The lowest BCUT2D eigenvalue weighted by Gasteiger charge is -2.49. The Labute approximate surface area is 79.3 Å². The van der Waals surface area contributed by atoms with Crippen molar-refractivity contribution in [1.82, 2.24) is 4.90 Å². The van der Waals surface area contributed by atoms with Crippen LogP contribution in [0.3, 0.4) is 0 Å². The summed E-state index contributed by atoms with van der Waals surface area (Å²) >= 11 is 0. The second kappa shape index (κ2) is 2.71. The highest BCUT2D eigenvalue weighted by molar-refractivity contribution is 5.79. The van der Waals surface area contributed by atoms with Crippen molar-refractivity contribution < 1.29 is 4.79 Å². The second-order valence-electron chi connectivity index (χ2n) is 5.05. The minimum absolute atomic E-state index is 0.0731. The van der Waals surface area contributed by atoms with Crippen LogP contribution in [0.2, 0.25) is 0 Å². The molecule has 3 nitrogen and oxygen atoms in total. The van der Waals surface area contributed by atoms with E-state index in [1.807, 2.05) is 4.90 Å². The molecule has 0 bridgehead atoms. The molecule has 1 saturated carbocycles. The van der Waals surface area contributed by atoms with Crippen LogP contribution in [0.5, 0.6) is 0 Å². The van der Waals surface area contributed by atoms with Gasteiger partial charge in [-0.15, -0.1) is 0 Å². The molecular weight excluding hydrogens is 164 g/mol. The van der Waals surface area contributed by atoms with E-state index in [-0.39, 0.29) is 11.9 Å². The molecule has 2 atom stereocenters. The number of nitrogens with zero attached hydrogens (tertiary/aromatic N) is 1. The van der Waals surface area contributed by atoms with Gasteiger partial charge < -0.3 is 10.6 Å². The van der Waals surface area contributed by atoms with Crippen LogP contribution in [0, 0.1) is 5.41 Å². The van der Waals surface area contributed by atoms with Gasteiger partial charge in [0.15, 0.2) is 0 Å². The third-order valence-electron chi connectivity index (χ3n) is 3.53. The van der Waals surface area contributed by atoms with Crippen LogP contribution in [0.15, 0.2) is 0 Å². The molecule has 0 aromatic heterocycles. The summed E-state index contributed by atoms with van der Waals surface area (Å²) in [6, 6.07) is 0.525. The highest BCUT2D eigenvalue weighted by atomic mass is 16.2. The molecule has 2 N–H and O–H groups in total. The van der Waals surface area contributed by atoms with Crippen molar-refractivity contribution in [3.8, 4) is 0 Å². The maximum atomic E-state index is 11.6. The topological polar surface area (TPSA) is 46.3 Å². The number of amides is 1. The molecule has 2 aliphatic rings. The quantitative estimate of drug-likeness (QED) is 0.650. The van der Waals surface area contributed by atoms with E-state index in [1.54, 1.807) is 0 Å². The molecule has 0 radical (unpaired) electrons. The van der Waals surface area contributed by atoms with E-state index in [0.717, 1.165) is 13.0 Å². The van der Waals surface area contributed by atoms with Crippen molar-refractivity contribution in [1.29, 1.82) is 0 Å². The number of carbonyl (C=O) groups is 1. The van der Waals surface area contributed by atoms with Gasteiger partial charge >= 0.3 is 0 Å². The summed E-state index contributed by atoms with van der Waals surface area (Å²) in [6.45, 7) is 5.24. The fraction of sp³-hybridized carbons (Fsp3) is 0.900. The number of likely N-dealkylation sites (tertiary alicyclic amines) is 1. The third-order valence-corrected chi connectivity index (χ3v) is 3.53. The minimum Gasteiger partial charge on any atom is -0.338 e. The molecule has 74 valence electrons. The normalized spacial score (nSPS) is 37.8. The monoisotopic (exact) mass is 182 g/mol. The zero-order chi connectivity index (χ0) is 9.64. The first-order valence-electron chi connectivity index (χ1n) is 5.06. The van der Waals surface area contributed by atoms with Crippen molar-refractivity contribution >= 4 is 5.91 Å². The Hall–Kier alpha value is -0.570. The Morgan fingerprint density at radius 1 is 1.54 bits per heavy atom. The summed E-state index contributed by atoms with van der Waals surface area (Å²) in [7, 11) is 0. The zero-order valence-corrected chi connectivity index (χ0v) is 8.42. The smallest absolute Gasteiger partial charge is 0.224 e. The summed E-state index contributed by atoms with van der Waals surface area (Å²) in [5, 5.41) is 0. The lowest BCUT2D eigenvalue weighted by molar-refractivity contribution is -0.135. The van der Waals surface area contributed by atoms with Gasteiger partial charge in [0, 0.05) is 25.0 Å². The molecule has 2 rings (SSSR count). The SMILES string of the molecule is CC1(C)CCC1N1CC(N)CC1=O. The average Bonchev–Trinajstić information content (AvgIpc) is 2.29. The molecular formula is C10H18N2O. The summed E-state index contributed by atoms with van der Waals surface area (Å²) < 4.78 is 0. The first-order chi connectivity index (χ1) is 6.00. The molecule has 0 aromatic carbocycles. The molecule has 1 amide bonds. The molecule has 0 spiro atoms. The van der Waals surface area contributed by atoms with Gasteiger partial charge in [0.2, 0.25) is 5.91 Å². The Bertz CT molecular complexity index is 237. The van der Waals surface area contributed by atoms with Crippen molar-refractivity contribution in [2.45, 2.75) is 45.2 Å². The van der Waals surface area contributed by atoms with Gasteiger partial charge in [-0.05, 0) is 18.3 Å². The summed E-state index contributed by atoms with van der Waals surface area (Å²) in [6.07, 6.45) is 2.94. The van der Waals surface area contributed by atoms with Gasteiger partial charge in [0.25, 0.3) is 0 Å². The lowest BCUT2D eigenvalue weighted by atomic mass is 9.66. The molecule has 1 aliphatic heterocycles. The van der Waals surface area contributed by atoms with Gasteiger partial charge in [0.05, 0.1) is 0 Å². The van der Waals surface area contributed by atoms with Crippen LogP contribution in [-0.2, 0) is 4.79 Å². The van der Waals surface area contributed by atoms with E-state index < -0.39 is 0 Å². The Morgan fingerprint density at radius 3 is 2.54 bits per heavy atom. The number of carbonyl (C=O) groups excluding carboxylic acids is 1. The van der Waals surface area contributed by atoms with Crippen molar-refractivity contribution in [3.63, 3.8) is 0 Å². The molecule has 2 unspecified atom stereocenters. The fourth-order valence-corrected chi connectivity index (χ4v) is 2.49. The van der Waals surface area contributed by atoms with Gasteiger partial charge in [-0.2, -0.15) is 0 Å². The highest BCUT2D eigenvalue weighted by Crippen LogP contribution is 2.44. The Morgan fingerprint density at radius 2 is 2.23 bits per heavy atom. The van der Waals surface area contributed by atoms with Crippen LogP contribution in [0.25, 0.3) is 0 Å². The molecule has 3 heteroatoms. The predicted octanol–water partition coefficient (Wildman–Crippen LogP) is 0.735. The predicted molar refractivity (Wildman–Crippen MR) is 51.1 cm³/mol. The van der Waals surface area contributed by atoms with Crippen molar-refractivity contribution in [2.24, 2.45) is 11.1 Å². The van der Waals surface area contributed by atoms with E-state index in [2.05, 4.69) is 13.8 Å². The minimum atomic E-state index is 0.0731. The molecule has 13 heavy (non-hydrogen) atoms. The maximum Gasteiger partial charge on any atom is 0.224 e. The van der Waals surface area contributed by atoms with Crippen molar-refractivity contribution in [2.75, 3.05) is 6.54 Å². The number of rotatable bonds is 1. The first-order valence-corrected chi connectivity index (χ1v) is 5.06. The lowest BCUT2D eigenvalue weighted by Crippen LogP contribution is -2.53. The maximum absolute atomic E-state index is 11.6. The van der Waals surface area contributed by atoms with Crippen LogP contribution < -0.4 is 5.73 Å². The molecule has 1 saturated heterocycles. The van der Waals surface area contributed by atoms with Crippen molar-refractivity contribution in [3.05, 3.63) is 0 Å². The fourth-order valence-electron chi connectivity index (χ4n) is 2.49. The zero-order valence-electron chi connectivity index (χ0n) is 8.42. The summed E-state index contributed by atoms with van der Waals surface area (Å²) in [5.74, 6) is 0.255. The molecule has 1 heterocycles. The van der Waals surface area contributed by atoms with Gasteiger partial charge in [-0.25, -0.2) is 0 Å². The van der Waals surface area contributed by atoms with Crippen LogP contribution in [-0.4, -0.2) is 29.4 Å².